The van der Waals surface area contributed by atoms with Crippen molar-refractivity contribution in [3.63, 3.8) is 0 Å². The zero-order valence-electron chi connectivity index (χ0n) is 13.2. The van der Waals surface area contributed by atoms with E-state index in [2.05, 4.69) is 41.5 Å². The molecule has 19 heavy (non-hydrogen) atoms. The molecule has 106 valence electrons. The fourth-order valence-electron chi connectivity index (χ4n) is 2.56. The zero-order chi connectivity index (χ0) is 14.7. The van der Waals surface area contributed by atoms with E-state index in [0.29, 0.717) is 23.3 Å². The Balaban J connectivity index is 3.57. The summed E-state index contributed by atoms with van der Waals surface area (Å²) in [5, 5.41) is 0. The van der Waals surface area contributed by atoms with Crippen molar-refractivity contribution in [1.29, 1.82) is 0 Å². The van der Waals surface area contributed by atoms with Gasteiger partial charge in [-0.15, -0.1) is 0 Å². The van der Waals surface area contributed by atoms with Crippen molar-refractivity contribution >= 4 is 5.97 Å². The molecule has 0 saturated heterocycles. The molecule has 1 aromatic carbocycles. The Morgan fingerprint density at radius 3 is 1.58 bits per heavy atom. The van der Waals surface area contributed by atoms with E-state index in [1.165, 1.54) is 23.8 Å². The van der Waals surface area contributed by atoms with Gasteiger partial charge >= 0.3 is 5.97 Å². The van der Waals surface area contributed by atoms with Gasteiger partial charge in [-0.2, -0.15) is 0 Å². The van der Waals surface area contributed by atoms with E-state index >= 15 is 0 Å². The lowest BCUT2D eigenvalue weighted by molar-refractivity contribution is 0.0600. The lowest BCUT2D eigenvalue weighted by Gasteiger charge is -2.23. The van der Waals surface area contributed by atoms with Crippen molar-refractivity contribution in [3.05, 3.63) is 34.4 Å². The molecular formula is C17H26O2. The van der Waals surface area contributed by atoms with Crippen molar-refractivity contribution in [2.45, 2.75) is 59.3 Å². The molecule has 2 nitrogen and oxygen atoms in total. The van der Waals surface area contributed by atoms with Gasteiger partial charge in [-0.1, -0.05) is 41.5 Å². The molecule has 0 aliphatic heterocycles. The number of carbonyl (C=O) groups excluding carboxylic acids is 1. The maximum atomic E-state index is 11.8. The summed E-state index contributed by atoms with van der Waals surface area (Å²) in [6.07, 6.45) is 0. The molecule has 0 aliphatic carbocycles. The van der Waals surface area contributed by atoms with Gasteiger partial charge in [-0.3, -0.25) is 0 Å². The van der Waals surface area contributed by atoms with Crippen LogP contribution in [0.1, 0.15) is 86.3 Å². The quantitative estimate of drug-likeness (QED) is 0.725. The molecule has 1 rings (SSSR count). The third-order valence-corrected chi connectivity index (χ3v) is 3.49. The SMILES string of the molecule is COC(=O)c1cc(C(C)C)c(C(C)C)c(C(C)C)c1. The molecule has 0 bridgehead atoms. The molecule has 0 radical (unpaired) electrons. The van der Waals surface area contributed by atoms with Gasteiger partial charge in [0.25, 0.3) is 0 Å². The summed E-state index contributed by atoms with van der Waals surface area (Å²) in [5.41, 5.74) is 4.58. The van der Waals surface area contributed by atoms with Crippen LogP contribution in [-0.4, -0.2) is 13.1 Å². The Labute approximate surface area is 117 Å². The molecule has 0 unspecified atom stereocenters. The number of carbonyl (C=O) groups is 1. The average Bonchev–Trinajstić information content (AvgIpc) is 2.35. The van der Waals surface area contributed by atoms with Gasteiger partial charge < -0.3 is 4.74 Å². The highest BCUT2D eigenvalue weighted by Gasteiger charge is 2.20. The summed E-state index contributed by atoms with van der Waals surface area (Å²) in [6, 6.07) is 4.00. The molecule has 0 N–H and O–H groups in total. The lowest BCUT2D eigenvalue weighted by atomic mass is 9.82. The van der Waals surface area contributed by atoms with Crippen LogP contribution in [0.15, 0.2) is 12.1 Å². The summed E-state index contributed by atoms with van der Waals surface area (Å²) in [7, 11) is 1.43. The molecule has 0 aliphatic rings. The van der Waals surface area contributed by atoms with Gasteiger partial charge in [0, 0.05) is 0 Å². The van der Waals surface area contributed by atoms with Gasteiger partial charge in [-0.25, -0.2) is 4.79 Å². The number of hydrogen-bond acceptors (Lipinski definition) is 2. The molecule has 2 heteroatoms. The topological polar surface area (TPSA) is 26.3 Å². The predicted octanol–water partition coefficient (Wildman–Crippen LogP) is 4.84. The van der Waals surface area contributed by atoms with Crippen LogP contribution >= 0.6 is 0 Å². The fraction of sp³-hybridized carbons (Fsp3) is 0.588. The minimum Gasteiger partial charge on any atom is -0.465 e. The molecule has 0 saturated carbocycles. The zero-order valence-corrected chi connectivity index (χ0v) is 13.2. The third kappa shape index (κ3) is 3.37. The van der Waals surface area contributed by atoms with E-state index in [9.17, 15) is 4.79 Å². The van der Waals surface area contributed by atoms with Crippen LogP contribution in [0.3, 0.4) is 0 Å². The standard InChI is InChI=1S/C17H26O2/c1-10(2)14-8-13(17(18)19-7)9-15(11(3)4)16(14)12(5)6/h8-12H,1-7H3. The summed E-state index contributed by atoms with van der Waals surface area (Å²) >= 11 is 0. The second kappa shape index (κ2) is 6.23. The number of esters is 1. The predicted molar refractivity (Wildman–Crippen MR) is 80.0 cm³/mol. The van der Waals surface area contributed by atoms with Crippen molar-refractivity contribution in [3.8, 4) is 0 Å². The minimum absolute atomic E-state index is 0.251. The summed E-state index contributed by atoms with van der Waals surface area (Å²) in [6.45, 7) is 13.1. The molecule has 0 spiro atoms. The Kier molecular flexibility index (Phi) is 5.16. The van der Waals surface area contributed by atoms with Gasteiger partial charge in [0.2, 0.25) is 0 Å². The first-order chi connectivity index (χ1) is 8.79. The highest BCUT2D eigenvalue weighted by atomic mass is 16.5. The summed E-state index contributed by atoms with van der Waals surface area (Å²) in [4.78, 5) is 11.8. The van der Waals surface area contributed by atoms with Crippen LogP contribution in [0.25, 0.3) is 0 Å². The lowest BCUT2D eigenvalue weighted by Crippen LogP contribution is -2.10. The van der Waals surface area contributed by atoms with Crippen molar-refractivity contribution in [2.75, 3.05) is 7.11 Å². The van der Waals surface area contributed by atoms with E-state index in [-0.39, 0.29) is 5.97 Å². The Bertz CT molecular complexity index is 427. The molecule has 0 atom stereocenters. The van der Waals surface area contributed by atoms with Gasteiger partial charge in [0.15, 0.2) is 0 Å². The van der Waals surface area contributed by atoms with Gasteiger partial charge in [0.05, 0.1) is 12.7 Å². The van der Waals surface area contributed by atoms with Crippen LogP contribution in [-0.2, 0) is 4.74 Å². The van der Waals surface area contributed by atoms with Crippen LogP contribution in [0.4, 0.5) is 0 Å². The first-order valence-electron chi connectivity index (χ1n) is 7.05. The third-order valence-electron chi connectivity index (χ3n) is 3.49. The van der Waals surface area contributed by atoms with Gasteiger partial charge in [0.1, 0.15) is 0 Å². The Morgan fingerprint density at radius 2 is 1.32 bits per heavy atom. The highest BCUT2D eigenvalue weighted by molar-refractivity contribution is 5.90. The van der Waals surface area contributed by atoms with Crippen molar-refractivity contribution in [2.24, 2.45) is 0 Å². The Hall–Kier alpha value is -1.31. The minimum atomic E-state index is -0.251. The summed E-state index contributed by atoms with van der Waals surface area (Å²) in [5.74, 6) is 1.01. The van der Waals surface area contributed by atoms with Crippen LogP contribution in [0, 0.1) is 0 Å². The maximum absolute atomic E-state index is 11.8. The van der Waals surface area contributed by atoms with Crippen molar-refractivity contribution in [1.82, 2.24) is 0 Å². The molecule has 0 heterocycles. The van der Waals surface area contributed by atoms with E-state index in [1.807, 2.05) is 12.1 Å². The highest BCUT2D eigenvalue weighted by Crippen LogP contribution is 2.34. The van der Waals surface area contributed by atoms with Crippen LogP contribution < -0.4 is 0 Å². The normalized spacial score (nSPS) is 11.5. The van der Waals surface area contributed by atoms with Gasteiger partial charge in [-0.05, 0) is 46.6 Å². The average molecular weight is 262 g/mol. The summed E-state index contributed by atoms with van der Waals surface area (Å²) < 4.78 is 4.87. The van der Waals surface area contributed by atoms with Crippen LogP contribution in [0.2, 0.25) is 0 Å². The first kappa shape index (κ1) is 15.7. The molecular weight excluding hydrogens is 236 g/mol. The van der Waals surface area contributed by atoms with Crippen molar-refractivity contribution < 1.29 is 9.53 Å². The van der Waals surface area contributed by atoms with E-state index in [0.717, 1.165) is 0 Å². The number of rotatable bonds is 4. The van der Waals surface area contributed by atoms with E-state index in [1.54, 1.807) is 0 Å². The largest absolute Gasteiger partial charge is 0.465 e. The molecule has 0 amide bonds. The second-order valence-electron chi connectivity index (χ2n) is 6.02. The van der Waals surface area contributed by atoms with E-state index in [4.69, 9.17) is 4.74 Å². The fourth-order valence-corrected chi connectivity index (χ4v) is 2.56. The first-order valence-corrected chi connectivity index (χ1v) is 7.05. The monoisotopic (exact) mass is 262 g/mol. The number of methoxy groups -OCH3 is 1. The molecule has 1 aromatic rings. The number of ether oxygens (including phenoxy) is 1. The second-order valence-corrected chi connectivity index (χ2v) is 6.02. The maximum Gasteiger partial charge on any atom is 0.337 e. The molecule has 0 aromatic heterocycles. The number of benzene rings is 1. The smallest absolute Gasteiger partial charge is 0.337 e. The Morgan fingerprint density at radius 1 is 0.895 bits per heavy atom. The van der Waals surface area contributed by atoms with Crippen LogP contribution in [0.5, 0.6) is 0 Å². The van der Waals surface area contributed by atoms with E-state index < -0.39 is 0 Å². The number of hydrogen-bond donors (Lipinski definition) is 0. The molecule has 0 fully saturated rings.